The van der Waals surface area contributed by atoms with Crippen LogP contribution in [-0.2, 0) is 4.74 Å². The van der Waals surface area contributed by atoms with Crippen LogP contribution in [0, 0.1) is 10.1 Å². The number of nitrogens with zero attached hydrogens (tertiary/aromatic N) is 2. The highest BCUT2D eigenvalue weighted by Crippen LogP contribution is 2.22. The number of nitro benzene ring substituents is 1. The largest absolute Gasteiger partial charge is 0.465 e. The Labute approximate surface area is 105 Å². The quantitative estimate of drug-likeness (QED) is 0.463. The Bertz CT molecular complexity index is 495. The second-order valence-corrected chi connectivity index (χ2v) is 3.80. The Morgan fingerprint density at radius 3 is 2.61 bits per heavy atom. The fourth-order valence-corrected chi connectivity index (χ4v) is 1.33. The van der Waals surface area contributed by atoms with Crippen LogP contribution in [0.4, 0.5) is 5.69 Å². The first-order chi connectivity index (χ1) is 8.45. The van der Waals surface area contributed by atoms with Gasteiger partial charge in [0.1, 0.15) is 0 Å². The Balaban J connectivity index is 3.24. The Morgan fingerprint density at radius 2 is 2.11 bits per heavy atom. The predicted molar refractivity (Wildman–Crippen MR) is 67.2 cm³/mol. The van der Waals surface area contributed by atoms with Crippen molar-refractivity contribution in [1.82, 2.24) is 4.90 Å². The van der Waals surface area contributed by atoms with E-state index in [1.54, 1.807) is 31.3 Å². The van der Waals surface area contributed by atoms with Gasteiger partial charge in [0.2, 0.25) is 0 Å². The van der Waals surface area contributed by atoms with Crippen molar-refractivity contribution in [2.45, 2.75) is 0 Å². The topological polar surface area (TPSA) is 72.7 Å². The fourth-order valence-electron chi connectivity index (χ4n) is 1.33. The first-order valence-electron chi connectivity index (χ1n) is 5.17. The van der Waals surface area contributed by atoms with Crippen LogP contribution in [0.5, 0.6) is 0 Å². The molecule has 0 saturated carbocycles. The van der Waals surface area contributed by atoms with Crippen LogP contribution < -0.4 is 0 Å². The molecule has 1 aromatic carbocycles. The fraction of sp³-hybridized carbons (Fsp3) is 0.250. The lowest BCUT2D eigenvalue weighted by Gasteiger charge is -2.05. The van der Waals surface area contributed by atoms with Gasteiger partial charge in [-0.15, -0.1) is 0 Å². The van der Waals surface area contributed by atoms with Gasteiger partial charge in [-0.3, -0.25) is 10.1 Å². The molecule has 0 radical (unpaired) electrons. The second-order valence-electron chi connectivity index (χ2n) is 3.80. The predicted octanol–water partition coefficient (Wildman–Crippen LogP) is 1.91. The van der Waals surface area contributed by atoms with Crippen molar-refractivity contribution in [3.8, 4) is 0 Å². The van der Waals surface area contributed by atoms with Crippen LogP contribution in [0.25, 0.3) is 6.08 Å². The molecule has 0 atom stereocenters. The summed E-state index contributed by atoms with van der Waals surface area (Å²) in [5, 5.41) is 10.9. The number of carbonyl (C=O) groups excluding carboxylic acids is 1. The Morgan fingerprint density at radius 1 is 1.44 bits per heavy atom. The van der Waals surface area contributed by atoms with Crippen molar-refractivity contribution >= 4 is 17.7 Å². The molecular formula is C12H14N2O4. The standard InChI is InChI=1S/C12H14N2O4/c1-13(2)7-6-9-8-10(12(15)18-3)4-5-11(9)14(16)17/h4-8H,1-3H3/b7-6+. The normalized spacial score (nSPS) is 10.4. The number of nitro groups is 1. The van der Waals surface area contributed by atoms with Gasteiger partial charge in [0.05, 0.1) is 23.2 Å². The molecule has 0 aliphatic carbocycles. The molecule has 0 amide bonds. The average Bonchev–Trinajstić information content (AvgIpc) is 2.34. The van der Waals surface area contributed by atoms with Crippen molar-refractivity contribution in [2.24, 2.45) is 0 Å². The molecule has 0 aliphatic heterocycles. The number of benzene rings is 1. The SMILES string of the molecule is COC(=O)c1ccc([N+](=O)[O-])c(/C=C/N(C)C)c1. The van der Waals surface area contributed by atoms with Crippen LogP contribution in [0.1, 0.15) is 15.9 Å². The highest BCUT2D eigenvalue weighted by Gasteiger charge is 2.15. The number of hydrogen-bond donors (Lipinski definition) is 0. The average molecular weight is 250 g/mol. The minimum atomic E-state index is -0.524. The van der Waals surface area contributed by atoms with E-state index in [1.807, 2.05) is 0 Å². The third-order valence-electron chi connectivity index (χ3n) is 2.20. The number of methoxy groups -OCH3 is 1. The molecule has 6 heteroatoms. The van der Waals surface area contributed by atoms with Gasteiger partial charge < -0.3 is 9.64 Å². The molecule has 0 heterocycles. The minimum absolute atomic E-state index is 0.0549. The third kappa shape index (κ3) is 3.31. The molecule has 6 nitrogen and oxygen atoms in total. The molecule has 0 fully saturated rings. The van der Waals surface area contributed by atoms with Gasteiger partial charge in [0.25, 0.3) is 5.69 Å². The van der Waals surface area contributed by atoms with Crippen molar-refractivity contribution in [3.63, 3.8) is 0 Å². The first kappa shape index (κ1) is 13.7. The van der Waals surface area contributed by atoms with Crippen LogP contribution in [0.15, 0.2) is 24.4 Å². The molecule has 96 valence electrons. The Hall–Kier alpha value is -2.37. The van der Waals surface area contributed by atoms with E-state index in [2.05, 4.69) is 4.74 Å². The smallest absolute Gasteiger partial charge is 0.337 e. The summed E-state index contributed by atoms with van der Waals surface area (Å²) in [6, 6.07) is 4.10. The lowest BCUT2D eigenvalue weighted by atomic mass is 10.1. The van der Waals surface area contributed by atoms with Crippen LogP contribution >= 0.6 is 0 Å². The lowest BCUT2D eigenvalue weighted by molar-refractivity contribution is -0.385. The lowest BCUT2D eigenvalue weighted by Crippen LogP contribution is -2.03. The first-order valence-corrected chi connectivity index (χ1v) is 5.17. The van der Waals surface area contributed by atoms with Crippen molar-refractivity contribution < 1.29 is 14.5 Å². The highest BCUT2D eigenvalue weighted by atomic mass is 16.6. The van der Waals surface area contributed by atoms with Crippen LogP contribution in [0.3, 0.4) is 0 Å². The molecular weight excluding hydrogens is 236 g/mol. The number of rotatable bonds is 4. The molecule has 0 aliphatic rings. The van der Waals surface area contributed by atoms with Crippen molar-refractivity contribution in [3.05, 3.63) is 45.6 Å². The monoisotopic (exact) mass is 250 g/mol. The third-order valence-corrected chi connectivity index (χ3v) is 2.20. The molecule has 1 rings (SSSR count). The molecule has 0 bridgehead atoms. The molecule has 0 aromatic heterocycles. The zero-order valence-corrected chi connectivity index (χ0v) is 10.4. The summed E-state index contributed by atoms with van der Waals surface area (Å²) >= 11 is 0. The summed E-state index contributed by atoms with van der Waals surface area (Å²) < 4.78 is 4.57. The van der Waals surface area contributed by atoms with Gasteiger partial charge in [0, 0.05) is 20.2 Å². The van der Waals surface area contributed by atoms with Crippen molar-refractivity contribution in [1.29, 1.82) is 0 Å². The molecule has 18 heavy (non-hydrogen) atoms. The number of hydrogen-bond acceptors (Lipinski definition) is 5. The maximum absolute atomic E-state index is 11.4. The van der Waals surface area contributed by atoms with E-state index in [-0.39, 0.29) is 11.3 Å². The summed E-state index contributed by atoms with van der Waals surface area (Å²) in [7, 11) is 4.86. The maximum Gasteiger partial charge on any atom is 0.337 e. The van der Waals surface area contributed by atoms with E-state index in [0.717, 1.165) is 0 Å². The van der Waals surface area contributed by atoms with Gasteiger partial charge in [-0.1, -0.05) is 0 Å². The molecule has 1 aromatic rings. The van der Waals surface area contributed by atoms with E-state index < -0.39 is 10.9 Å². The Kier molecular flexibility index (Phi) is 4.42. The minimum Gasteiger partial charge on any atom is -0.465 e. The summed E-state index contributed by atoms with van der Waals surface area (Å²) in [6.45, 7) is 0. The van der Waals surface area contributed by atoms with Gasteiger partial charge in [-0.2, -0.15) is 0 Å². The summed E-state index contributed by atoms with van der Waals surface area (Å²) in [6.07, 6.45) is 3.24. The zero-order valence-electron chi connectivity index (χ0n) is 10.4. The van der Waals surface area contributed by atoms with Gasteiger partial charge >= 0.3 is 5.97 Å². The van der Waals surface area contributed by atoms with Gasteiger partial charge in [-0.05, 0) is 24.4 Å². The van der Waals surface area contributed by atoms with Gasteiger partial charge in [-0.25, -0.2) is 4.79 Å². The van der Waals surface area contributed by atoms with E-state index in [0.29, 0.717) is 5.56 Å². The van der Waals surface area contributed by atoms with Crippen LogP contribution in [0.2, 0.25) is 0 Å². The maximum atomic E-state index is 11.4. The van der Waals surface area contributed by atoms with Crippen molar-refractivity contribution in [2.75, 3.05) is 21.2 Å². The molecule has 0 spiro atoms. The number of ether oxygens (including phenoxy) is 1. The van der Waals surface area contributed by atoms with Crippen LogP contribution in [-0.4, -0.2) is 37.0 Å². The summed E-state index contributed by atoms with van der Waals surface area (Å²) in [5.74, 6) is -0.524. The van der Waals surface area contributed by atoms with E-state index in [9.17, 15) is 14.9 Å². The molecule has 0 saturated heterocycles. The van der Waals surface area contributed by atoms with E-state index in [1.165, 1.54) is 25.3 Å². The number of esters is 1. The number of carbonyl (C=O) groups is 1. The molecule has 0 unspecified atom stereocenters. The summed E-state index contributed by atoms with van der Waals surface area (Å²) in [5.41, 5.74) is 0.582. The van der Waals surface area contributed by atoms with E-state index in [4.69, 9.17) is 0 Å². The zero-order chi connectivity index (χ0) is 13.7. The second kappa shape index (κ2) is 5.81. The molecule has 0 N–H and O–H groups in total. The van der Waals surface area contributed by atoms with Gasteiger partial charge in [0.15, 0.2) is 0 Å². The summed E-state index contributed by atoms with van der Waals surface area (Å²) in [4.78, 5) is 23.5. The van der Waals surface area contributed by atoms with E-state index >= 15 is 0 Å². The highest BCUT2D eigenvalue weighted by molar-refractivity contribution is 5.90.